The van der Waals surface area contributed by atoms with Gasteiger partial charge in [0.15, 0.2) is 0 Å². The fraction of sp³-hybridized carbons (Fsp3) is 0.571. The number of halogens is 4. The second-order valence-corrected chi connectivity index (χ2v) is 11.3. The molecule has 3 aliphatic rings. The number of pyridine rings is 2. The Labute approximate surface area is 224 Å². The van der Waals surface area contributed by atoms with E-state index < -0.39 is 11.6 Å². The summed E-state index contributed by atoms with van der Waals surface area (Å²) in [5, 5.41) is 5.38. The summed E-state index contributed by atoms with van der Waals surface area (Å²) >= 11 is 0. The van der Waals surface area contributed by atoms with E-state index in [1.54, 1.807) is 12.4 Å². The minimum atomic E-state index is -4.15. The standard InChI is InChI=1S/C28H32F4N6O/c29-5-8-36-9-10-38-25(17-36)23(15-35-38)21-11-20-12-22(33-16-24(20)34-14-21)13-26(39)19-1-6-37(7-2-19)18-27(3-4-27)28(30,31)32/h11-12,14-16,19H,1-10,13,17-18H2. The third-order valence-electron chi connectivity index (χ3n) is 8.67. The molecule has 11 heteroatoms. The van der Waals surface area contributed by atoms with Crippen LogP contribution in [0.2, 0.25) is 0 Å². The highest BCUT2D eigenvalue weighted by molar-refractivity contribution is 5.86. The van der Waals surface area contributed by atoms with Crippen LogP contribution in [0.3, 0.4) is 0 Å². The summed E-state index contributed by atoms with van der Waals surface area (Å²) in [5.41, 5.74) is 2.77. The molecule has 1 saturated heterocycles. The molecular weight excluding hydrogens is 512 g/mol. The SMILES string of the molecule is O=C(Cc1cc2cc(-c3cnn4c3CN(CCF)CC4)cnc2cn1)C1CCN(CC2(C(F)(F)F)CC2)CC1. The molecule has 0 amide bonds. The van der Waals surface area contributed by atoms with Gasteiger partial charge in [-0.15, -0.1) is 0 Å². The summed E-state index contributed by atoms with van der Waals surface area (Å²) in [6, 6.07) is 3.92. The second kappa shape index (κ2) is 10.2. The Balaban J connectivity index is 1.11. The van der Waals surface area contributed by atoms with Gasteiger partial charge in [-0.2, -0.15) is 18.3 Å². The van der Waals surface area contributed by atoms with Crippen molar-refractivity contribution in [3.63, 3.8) is 0 Å². The van der Waals surface area contributed by atoms with Gasteiger partial charge in [-0.05, 0) is 50.9 Å². The van der Waals surface area contributed by atoms with Crippen LogP contribution in [-0.4, -0.2) is 80.9 Å². The second-order valence-electron chi connectivity index (χ2n) is 11.3. The lowest BCUT2D eigenvalue weighted by atomic mass is 9.89. The van der Waals surface area contributed by atoms with E-state index in [1.165, 1.54) is 0 Å². The number of aromatic nitrogens is 4. The zero-order valence-electron chi connectivity index (χ0n) is 21.8. The summed E-state index contributed by atoms with van der Waals surface area (Å²) < 4.78 is 54.8. The third-order valence-corrected chi connectivity index (χ3v) is 8.67. The highest BCUT2D eigenvalue weighted by Crippen LogP contribution is 2.58. The van der Waals surface area contributed by atoms with E-state index in [-0.39, 0.29) is 44.2 Å². The highest BCUT2D eigenvalue weighted by Gasteiger charge is 2.63. The Morgan fingerprint density at radius 3 is 2.51 bits per heavy atom. The number of fused-ring (bicyclic) bond motifs is 2. The van der Waals surface area contributed by atoms with E-state index >= 15 is 0 Å². The van der Waals surface area contributed by atoms with Crippen LogP contribution in [0, 0.1) is 11.3 Å². The van der Waals surface area contributed by atoms with Gasteiger partial charge in [0, 0.05) is 66.9 Å². The molecule has 6 rings (SSSR count). The van der Waals surface area contributed by atoms with Crippen molar-refractivity contribution in [1.82, 2.24) is 29.5 Å². The van der Waals surface area contributed by atoms with Crippen molar-refractivity contribution in [2.24, 2.45) is 11.3 Å². The fourth-order valence-electron chi connectivity index (χ4n) is 6.02. The first-order valence-electron chi connectivity index (χ1n) is 13.6. The predicted molar refractivity (Wildman–Crippen MR) is 138 cm³/mol. The fourth-order valence-corrected chi connectivity index (χ4v) is 6.02. The summed E-state index contributed by atoms with van der Waals surface area (Å²) in [4.78, 5) is 26.0. The number of carbonyl (C=O) groups excluding carboxylic acids is 1. The Morgan fingerprint density at radius 1 is 1.00 bits per heavy atom. The molecule has 208 valence electrons. The van der Waals surface area contributed by atoms with E-state index in [1.807, 2.05) is 27.9 Å². The molecule has 2 aliphatic heterocycles. The number of nitrogens with zero attached hydrogens (tertiary/aromatic N) is 6. The van der Waals surface area contributed by atoms with Gasteiger partial charge in [-0.25, -0.2) is 4.39 Å². The quantitative estimate of drug-likeness (QED) is 0.391. The molecule has 0 unspecified atom stereocenters. The molecule has 0 atom stereocenters. The maximum absolute atomic E-state index is 13.3. The lowest BCUT2D eigenvalue weighted by molar-refractivity contribution is -0.192. The van der Waals surface area contributed by atoms with Gasteiger partial charge >= 0.3 is 6.18 Å². The van der Waals surface area contributed by atoms with E-state index in [0.29, 0.717) is 51.3 Å². The van der Waals surface area contributed by atoms with E-state index in [2.05, 4.69) is 20.0 Å². The number of ketones is 1. The van der Waals surface area contributed by atoms with Crippen molar-refractivity contribution in [2.75, 3.05) is 39.4 Å². The summed E-state index contributed by atoms with van der Waals surface area (Å²) in [6.45, 7) is 3.22. The molecular formula is C28H32F4N6O. The van der Waals surface area contributed by atoms with Crippen LogP contribution in [0.5, 0.6) is 0 Å². The first kappa shape index (κ1) is 26.3. The number of piperidine rings is 1. The maximum Gasteiger partial charge on any atom is 0.395 e. The van der Waals surface area contributed by atoms with Crippen LogP contribution in [0.15, 0.2) is 30.7 Å². The first-order chi connectivity index (χ1) is 18.7. The number of likely N-dealkylation sites (tertiary alicyclic amines) is 1. The Morgan fingerprint density at radius 2 is 1.79 bits per heavy atom. The van der Waals surface area contributed by atoms with E-state index in [9.17, 15) is 22.4 Å². The summed E-state index contributed by atoms with van der Waals surface area (Å²) in [6.07, 6.45) is 2.92. The number of hydrogen-bond acceptors (Lipinski definition) is 6. The van der Waals surface area contributed by atoms with Gasteiger partial charge in [-0.1, -0.05) is 0 Å². The molecule has 0 spiro atoms. The van der Waals surface area contributed by atoms with Crippen molar-refractivity contribution in [3.8, 4) is 11.1 Å². The molecule has 0 aromatic carbocycles. The molecule has 0 N–H and O–H groups in total. The number of carbonyl (C=O) groups is 1. The minimum Gasteiger partial charge on any atom is -0.302 e. The Hall–Kier alpha value is -2.92. The lowest BCUT2D eigenvalue weighted by Gasteiger charge is -2.34. The summed E-state index contributed by atoms with van der Waals surface area (Å²) in [5.74, 6) is -0.0725. The van der Waals surface area contributed by atoms with Crippen molar-refractivity contribution in [1.29, 1.82) is 0 Å². The topological polar surface area (TPSA) is 67.2 Å². The van der Waals surface area contributed by atoms with Gasteiger partial charge in [0.05, 0.1) is 35.6 Å². The smallest absolute Gasteiger partial charge is 0.302 e. The lowest BCUT2D eigenvalue weighted by Crippen LogP contribution is -2.43. The largest absolute Gasteiger partial charge is 0.395 e. The number of rotatable bonds is 8. The van der Waals surface area contributed by atoms with Crippen LogP contribution in [0.4, 0.5) is 17.6 Å². The number of alkyl halides is 4. The summed E-state index contributed by atoms with van der Waals surface area (Å²) in [7, 11) is 0. The average molecular weight is 545 g/mol. The van der Waals surface area contributed by atoms with Gasteiger partial charge < -0.3 is 4.90 Å². The molecule has 3 aromatic rings. The molecule has 3 aromatic heterocycles. The first-order valence-corrected chi connectivity index (χ1v) is 13.6. The molecule has 7 nitrogen and oxygen atoms in total. The van der Waals surface area contributed by atoms with Crippen molar-refractivity contribution in [2.45, 2.75) is 51.4 Å². The molecule has 5 heterocycles. The monoisotopic (exact) mass is 544 g/mol. The molecule has 0 radical (unpaired) electrons. The molecule has 2 fully saturated rings. The average Bonchev–Trinajstić information content (AvgIpc) is 3.60. The highest BCUT2D eigenvalue weighted by atomic mass is 19.4. The molecule has 39 heavy (non-hydrogen) atoms. The molecule has 0 bridgehead atoms. The van der Waals surface area contributed by atoms with Crippen molar-refractivity contribution < 1.29 is 22.4 Å². The Kier molecular flexibility index (Phi) is 6.91. The zero-order chi connectivity index (χ0) is 27.2. The van der Waals surface area contributed by atoms with E-state index in [0.717, 1.165) is 34.3 Å². The zero-order valence-corrected chi connectivity index (χ0v) is 21.8. The maximum atomic E-state index is 13.3. The minimum absolute atomic E-state index is 0.0491. The van der Waals surface area contributed by atoms with E-state index in [4.69, 9.17) is 0 Å². The Bertz CT molecular complexity index is 1360. The molecule has 1 aliphatic carbocycles. The number of hydrogen-bond donors (Lipinski definition) is 0. The van der Waals surface area contributed by atoms with Crippen LogP contribution < -0.4 is 0 Å². The van der Waals surface area contributed by atoms with Gasteiger partial charge in [-0.3, -0.25) is 24.3 Å². The van der Waals surface area contributed by atoms with Gasteiger partial charge in [0.2, 0.25) is 0 Å². The van der Waals surface area contributed by atoms with Crippen molar-refractivity contribution in [3.05, 3.63) is 42.1 Å². The van der Waals surface area contributed by atoms with Gasteiger partial charge in [0.25, 0.3) is 0 Å². The van der Waals surface area contributed by atoms with Crippen LogP contribution in [0.25, 0.3) is 22.0 Å². The van der Waals surface area contributed by atoms with Crippen LogP contribution in [0.1, 0.15) is 37.1 Å². The van der Waals surface area contributed by atoms with Crippen LogP contribution in [-0.2, 0) is 24.3 Å². The van der Waals surface area contributed by atoms with Crippen molar-refractivity contribution >= 4 is 16.7 Å². The molecule has 1 saturated carbocycles. The van der Waals surface area contributed by atoms with Crippen LogP contribution >= 0.6 is 0 Å². The predicted octanol–water partition coefficient (Wildman–Crippen LogP) is 4.44. The van der Waals surface area contributed by atoms with Gasteiger partial charge in [0.1, 0.15) is 12.5 Å². The third kappa shape index (κ3) is 5.30. The number of Topliss-reactive ketones (excluding diaryl/α,β-unsaturated/α-hetero) is 1. The normalized spacial score (nSPS) is 20.3.